The van der Waals surface area contributed by atoms with Crippen molar-refractivity contribution in [3.05, 3.63) is 72.3 Å². The van der Waals surface area contributed by atoms with Crippen LogP contribution in [0.1, 0.15) is 36.6 Å². The molecule has 0 radical (unpaired) electrons. The molecule has 2 aromatic carbocycles. The molecule has 4 heterocycles. The molecule has 14 nitrogen and oxygen atoms in total. The van der Waals surface area contributed by atoms with Crippen LogP contribution in [0.15, 0.2) is 61.2 Å². The average molecular weight is 633 g/mol. The molecule has 2 aliphatic heterocycles. The summed E-state index contributed by atoms with van der Waals surface area (Å²) in [7, 11) is 0. The van der Waals surface area contributed by atoms with Gasteiger partial charge < -0.3 is 46.5 Å². The number of aromatic nitrogens is 4. The van der Waals surface area contributed by atoms with Crippen molar-refractivity contribution in [2.24, 2.45) is 11.7 Å². The Kier molecular flexibility index (Phi) is 9.90. The van der Waals surface area contributed by atoms with Crippen molar-refractivity contribution in [1.82, 2.24) is 30.2 Å². The lowest BCUT2D eigenvalue weighted by Gasteiger charge is -2.24. The van der Waals surface area contributed by atoms with Crippen molar-refractivity contribution in [3.63, 3.8) is 0 Å². The summed E-state index contributed by atoms with van der Waals surface area (Å²) in [4.78, 5) is 25.3. The third-order valence-electron chi connectivity index (χ3n) is 8.54. The molecule has 6 atom stereocenters. The number of hydrogen-bond acceptors (Lipinski definition) is 12. The Hall–Kier alpha value is -4.34. The summed E-state index contributed by atoms with van der Waals surface area (Å²) in [6, 6.07) is 15.1. The van der Waals surface area contributed by atoms with Crippen LogP contribution in [-0.2, 0) is 22.5 Å². The van der Waals surface area contributed by atoms with E-state index in [0.717, 1.165) is 16.9 Å². The molecule has 1 unspecified atom stereocenters. The minimum absolute atomic E-state index is 0.0145. The molecular formula is C32H40N8O6. The first-order valence-electron chi connectivity index (χ1n) is 15.5. The van der Waals surface area contributed by atoms with E-state index >= 15 is 0 Å². The van der Waals surface area contributed by atoms with Crippen LogP contribution in [-0.4, -0.2) is 79.9 Å². The minimum Gasteiger partial charge on any atom is -0.454 e. The van der Waals surface area contributed by atoms with Crippen LogP contribution < -0.4 is 31.6 Å². The number of amides is 1. The van der Waals surface area contributed by atoms with Crippen LogP contribution in [0.3, 0.4) is 0 Å². The summed E-state index contributed by atoms with van der Waals surface area (Å²) in [6.07, 6.45) is 0.944. The minimum atomic E-state index is -1.21. The first-order chi connectivity index (χ1) is 22.4. The van der Waals surface area contributed by atoms with Gasteiger partial charge in [-0.1, -0.05) is 36.4 Å². The van der Waals surface area contributed by atoms with Gasteiger partial charge in [-0.15, -0.1) is 0 Å². The van der Waals surface area contributed by atoms with E-state index in [1.54, 1.807) is 4.57 Å². The number of anilines is 1. The standard InChI is InChI=1S/C32H40N8O6/c33-22(31(43)36-11-10-19-7-9-23-24(12-19)45-18-44-23)8-6-21(15-35-14-20-4-2-1-3-5-20)13-25-27(41)28(42)32(46-25)40-17-39-26-29(34)37-16-38-30(26)40/h1-5,7,9,12,16-17,21-22,25,27-28,32,35,41-42H,6,8,10-11,13-15,18,33H2,(H,36,43)(H2,34,37,38)/t21-,22-,25+,27-,28?,32+/m0/s1. The van der Waals surface area contributed by atoms with Gasteiger partial charge in [-0.05, 0) is 61.4 Å². The molecular weight excluding hydrogens is 592 g/mol. The molecule has 0 aliphatic carbocycles. The first kappa shape index (κ1) is 31.6. The summed E-state index contributed by atoms with van der Waals surface area (Å²) in [5.41, 5.74) is 15.2. The Balaban J connectivity index is 1.05. The van der Waals surface area contributed by atoms with E-state index in [1.165, 1.54) is 12.7 Å². The second kappa shape index (κ2) is 14.4. The monoisotopic (exact) mass is 632 g/mol. The molecule has 2 aromatic heterocycles. The number of rotatable bonds is 14. The fourth-order valence-corrected chi connectivity index (χ4v) is 5.96. The molecule has 8 N–H and O–H groups in total. The molecule has 0 bridgehead atoms. The van der Waals surface area contributed by atoms with Gasteiger partial charge in [0.15, 0.2) is 29.2 Å². The molecule has 46 heavy (non-hydrogen) atoms. The van der Waals surface area contributed by atoms with Gasteiger partial charge in [-0.2, -0.15) is 0 Å². The first-order valence-corrected chi connectivity index (χ1v) is 15.5. The number of nitrogens with two attached hydrogens (primary N) is 2. The largest absolute Gasteiger partial charge is 0.454 e. The lowest BCUT2D eigenvalue weighted by Crippen LogP contribution is -2.42. The van der Waals surface area contributed by atoms with Gasteiger partial charge in [0.25, 0.3) is 0 Å². The number of nitrogens with zero attached hydrogens (tertiary/aromatic N) is 4. The Labute approximate surface area is 266 Å². The number of imidazole rings is 1. The maximum atomic E-state index is 12.9. The molecule has 6 rings (SSSR count). The van der Waals surface area contributed by atoms with Gasteiger partial charge in [-0.25, -0.2) is 15.0 Å². The van der Waals surface area contributed by atoms with E-state index in [4.69, 9.17) is 25.7 Å². The summed E-state index contributed by atoms with van der Waals surface area (Å²) < 4.78 is 18.6. The number of benzene rings is 2. The smallest absolute Gasteiger partial charge is 0.236 e. The van der Waals surface area contributed by atoms with Gasteiger partial charge in [0.1, 0.15) is 24.1 Å². The number of hydrogen-bond donors (Lipinski definition) is 6. The molecule has 1 saturated heterocycles. The molecule has 14 heteroatoms. The second-order valence-corrected chi connectivity index (χ2v) is 11.8. The second-order valence-electron chi connectivity index (χ2n) is 11.8. The third-order valence-corrected chi connectivity index (χ3v) is 8.54. The van der Waals surface area contributed by atoms with Crippen LogP contribution in [0.2, 0.25) is 0 Å². The van der Waals surface area contributed by atoms with Crippen molar-refractivity contribution in [2.45, 2.75) is 62.8 Å². The average Bonchev–Trinajstić information content (AvgIpc) is 3.78. The third kappa shape index (κ3) is 7.21. The van der Waals surface area contributed by atoms with E-state index in [1.807, 2.05) is 48.5 Å². The van der Waals surface area contributed by atoms with Crippen LogP contribution in [0, 0.1) is 5.92 Å². The fourth-order valence-electron chi connectivity index (χ4n) is 5.96. The van der Waals surface area contributed by atoms with Gasteiger partial charge in [0.2, 0.25) is 12.7 Å². The zero-order valence-electron chi connectivity index (χ0n) is 25.4. The highest BCUT2D eigenvalue weighted by molar-refractivity contribution is 5.81. The lowest BCUT2D eigenvalue weighted by molar-refractivity contribution is -0.122. The maximum Gasteiger partial charge on any atom is 0.236 e. The van der Waals surface area contributed by atoms with Crippen molar-refractivity contribution in [3.8, 4) is 11.5 Å². The molecule has 1 amide bonds. The quantitative estimate of drug-likeness (QED) is 0.115. The number of carbonyl (C=O) groups excluding carboxylic acids is 1. The highest BCUT2D eigenvalue weighted by Crippen LogP contribution is 2.35. The van der Waals surface area contributed by atoms with Crippen molar-refractivity contribution < 1.29 is 29.2 Å². The molecule has 0 spiro atoms. The van der Waals surface area contributed by atoms with Gasteiger partial charge in [0.05, 0.1) is 18.5 Å². The molecule has 0 saturated carbocycles. The number of nitrogen functional groups attached to an aromatic ring is 1. The molecule has 4 aromatic rings. The highest BCUT2D eigenvalue weighted by Gasteiger charge is 2.45. The molecule has 1 fully saturated rings. The van der Waals surface area contributed by atoms with E-state index in [9.17, 15) is 15.0 Å². The van der Waals surface area contributed by atoms with Gasteiger partial charge in [0, 0.05) is 13.1 Å². The molecule has 2 aliphatic rings. The van der Waals surface area contributed by atoms with Crippen LogP contribution >= 0.6 is 0 Å². The number of nitrogens with one attached hydrogen (secondary N) is 2. The summed E-state index contributed by atoms with van der Waals surface area (Å²) >= 11 is 0. The number of carbonyl (C=O) groups is 1. The van der Waals surface area contributed by atoms with Crippen molar-refractivity contribution >= 4 is 22.9 Å². The number of aliphatic hydroxyl groups is 2. The zero-order chi connectivity index (χ0) is 32.0. The zero-order valence-corrected chi connectivity index (χ0v) is 25.4. The predicted molar refractivity (Wildman–Crippen MR) is 168 cm³/mol. The lowest BCUT2D eigenvalue weighted by atomic mass is 9.91. The Morgan fingerprint density at radius 2 is 1.85 bits per heavy atom. The summed E-state index contributed by atoms with van der Waals surface area (Å²) in [5.74, 6) is 1.40. The predicted octanol–water partition coefficient (Wildman–Crippen LogP) is 1.02. The molecule has 244 valence electrons. The van der Waals surface area contributed by atoms with E-state index in [-0.39, 0.29) is 24.4 Å². The normalized spacial score (nSPS) is 21.8. The Morgan fingerprint density at radius 1 is 1.02 bits per heavy atom. The van der Waals surface area contributed by atoms with E-state index in [0.29, 0.717) is 62.2 Å². The van der Waals surface area contributed by atoms with E-state index < -0.39 is 30.6 Å². The fraction of sp³-hybridized carbons (Fsp3) is 0.438. The highest BCUT2D eigenvalue weighted by atomic mass is 16.7. The van der Waals surface area contributed by atoms with Crippen molar-refractivity contribution in [1.29, 1.82) is 0 Å². The van der Waals surface area contributed by atoms with Crippen LogP contribution in [0.5, 0.6) is 11.5 Å². The van der Waals surface area contributed by atoms with Crippen molar-refractivity contribution in [2.75, 3.05) is 25.6 Å². The Morgan fingerprint density at radius 3 is 2.70 bits per heavy atom. The summed E-state index contributed by atoms with van der Waals surface area (Å²) in [6.45, 7) is 1.91. The van der Waals surface area contributed by atoms with Gasteiger partial charge in [-0.3, -0.25) is 9.36 Å². The van der Waals surface area contributed by atoms with Gasteiger partial charge >= 0.3 is 0 Å². The van der Waals surface area contributed by atoms with Crippen LogP contribution in [0.25, 0.3) is 11.2 Å². The maximum absolute atomic E-state index is 12.9. The van der Waals surface area contributed by atoms with E-state index in [2.05, 4.69) is 25.6 Å². The van der Waals surface area contributed by atoms with Crippen LogP contribution in [0.4, 0.5) is 5.82 Å². The summed E-state index contributed by atoms with van der Waals surface area (Å²) in [5, 5.41) is 28.4. The number of aliphatic hydroxyl groups excluding tert-OH is 2. The Bertz CT molecular complexity index is 1620. The number of fused-ring (bicyclic) bond motifs is 2. The topological polar surface area (TPSA) is 205 Å². The number of ether oxygens (including phenoxy) is 3. The SMILES string of the molecule is Nc1ncnc2c1ncn2[C@@H]1O[C@H](C[C@H](CC[C@H](N)C(=O)NCCc2ccc3c(c2)OCO3)CNCc2ccccc2)[C@H](O)C1O.